The number of rotatable bonds is 7. The van der Waals surface area contributed by atoms with Gasteiger partial charge in [-0.15, -0.1) is 0 Å². The normalized spacial score (nSPS) is 30.5. The van der Waals surface area contributed by atoms with Crippen LogP contribution in [-0.2, 0) is 19.1 Å². The SMILES string of the molecule is CCCC(C)N1CC=C[C@]23O[C@@H]4C=CCN(c5ccccc5)C(=O)[C@@H]4[C@H]2C(=O)N([C@H](CO)c2ccccc2)C3C1=O. The first-order chi connectivity index (χ1) is 19.9. The number of anilines is 1. The number of carbonyl (C=O) groups is 3. The fraction of sp³-hybridized carbons (Fsp3) is 0.424. The Bertz CT molecular complexity index is 1360. The van der Waals surface area contributed by atoms with Gasteiger partial charge in [0.15, 0.2) is 0 Å². The molecule has 2 aromatic carbocycles. The largest absolute Gasteiger partial charge is 0.394 e. The van der Waals surface area contributed by atoms with Crippen LogP contribution >= 0.6 is 0 Å². The number of ether oxygens (including phenoxy) is 1. The highest BCUT2D eigenvalue weighted by atomic mass is 16.5. The standard InChI is InChI=1S/C33H37N3O5/c1-3-12-22(2)34-20-11-18-33-28(27-26(41-33)17-10-19-35(30(27)38)24-15-8-5-9-16-24)31(39)36(29(33)32(34)40)25(21-37)23-13-6-4-7-14-23/h4-11,13-18,22,25-29,37H,3,12,19-21H2,1-2H3/t22?,25-,26-,27+,28+,29?,33+/m1/s1. The van der Waals surface area contributed by atoms with Crippen molar-refractivity contribution in [2.75, 3.05) is 24.6 Å². The summed E-state index contributed by atoms with van der Waals surface area (Å²) in [5.41, 5.74) is 0.126. The fourth-order valence-electron chi connectivity index (χ4n) is 7.27. The Morgan fingerprint density at radius 1 is 0.951 bits per heavy atom. The van der Waals surface area contributed by atoms with E-state index >= 15 is 0 Å². The number of benzene rings is 2. The number of hydrogen-bond donors (Lipinski definition) is 1. The molecule has 4 heterocycles. The van der Waals surface area contributed by atoms with Crippen LogP contribution in [0.5, 0.6) is 0 Å². The number of likely N-dealkylation sites (tertiary alicyclic amines) is 1. The molecular weight excluding hydrogens is 518 g/mol. The van der Waals surface area contributed by atoms with Crippen LogP contribution in [0.3, 0.4) is 0 Å². The third kappa shape index (κ3) is 4.32. The summed E-state index contributed by atoms with van der Waals surface area (Å²) >= 11 is 0. The molecule has 0 aromatic heterocycles. The first-order valence-electron chi connectivity index (χ1n) is 14.6. The molecule has 0 bridgehead atoms. The summed E-state index contributed by atoms with van der Waals surface area (Å²) in [6, 6.07) is 16.9. The highest BCUT2D eigenvalue weighted by Gasteiger charge is 2.72. The predicted octanol–water partition coefficient (Wildman–Crippen LogP) is 3.49. The number of para-hydroxylation sites is 1. The van der Waals surface area contributed by atoms with Gasteiger partial charge < -0.3 is 24.5 Å². The molecule has 1 spiro atoms. The van der Waals surface area contributed by atoms with Crippen molar-refractivity contribution in [2.45, 2.75) is 56.5 Å². The molecule has 8 nitrogen and oxygen atoms in total. The van der Waals surface area contributed by atoms with E-state index in [-0.39, 0.29) is 30.4 Å². The maximum absolute atomic E-state index is 14.7. The van der Waals surface area contributed by atoms with Crippen LogP contribution < -0.4 is 4.90 Å². The second kappa shape index (κ2) is 10.9. The molecule has 1 N–H and O–H groups in total. The molecule has 4 aliphatic heterocycles. The zero-order valence-electron chi connectivity index (χ0n) is 23.5. The second-order valence-corrected chi connectivity index (χ2v) is 11.4. The van der Waals surface area contributed by atoms with Crippen molar-refractivity contribution in [3.05, 3.63) is 90.5 Å². The summed E-state index contributed by atoms with van der Waals surface area (Å²) in [5.74, 6) is -2.50. The molecule has 0 radical (unpaired) electrons. The molecule has 6 rings (SSSR count). The number of hydrogen-bond acceptors (Lipinski definition) is 5. The van der Waals surface area contributed by atoms with Crippen LogP contribution in [0.25, 0.3) is 0 Å². The van der Waals surface area contributed by atoms with Crippen LogP contribution in [0.15, 0.2) is 85.0 Å². The zero-order chi connectivity index (χ0) is 28.7. The van der Waals surface area contributed by atoms with Gasteiger partial charge in [-0.2, -0.15) is 0 Å². The van der Waals surface area contributed by atoms with E-state index in [4.69, 9.17) is 4.74 Å². The first kappa shape index (κ1) is 27.4. The Balaban J connectivity index is 1.48. The Morgan fingerprint density at radius 3 is 2.34 bits per heavy atom. The van der Waals surface area contributed by atoms with E-state index in [9.17, 15) is 19.5 Å². The van der Waals surface area contributed by atoms with Gasteiger partial charge in [0.1, 0.15) is 11.6 Å². The Kier molecular flexibility index (Phi) is 7.30. The highest BCUT2D eigenvalue weighted by molar-refractivity contribution is 6.04. The smallest absolute Gasteiger partial charge is 0.249 e. The van der Waals surface area contributed by atoms with Crippen molar-refractivity contribution < 1.29 is 24.2 Å². The number of aliphatic hydroxyl groups excluding tert-OH is 1. The van der Waals surface area contributed by atoms with Crippen LogP contribution in [0.2, 0.25) is 0 Å². The third-order valence-corrected chi connectivity index (χ3v) is 9.13. The molecule has 0 aliphatic carbocycles. The molecule has 3 amide bonds. The van der Waals surface area contributed by atoms with E-state index in [0.717, 1.165) is 24.1 Å². The van der Waals surface area contributed by atoms with Crippen molar-refractivity contribution in [1.82, 2.24) is 9.80 Å². The number of carbonyl (C=O) groups excluding carboxylic acids is 3. The Labute approximate surface area is 240 Å². The van der Waals surface area contributed by atoms with Gasteiger partial charge in [0, 0.05) is 24.8 Å². The topological polar surface area (TPSA) is 90.4 Å². The average molecular weight is 556 g/mol. The minimum Gasteiger partial charge on any atom is -0.394 e. The molecule has 2 aromatic rings. The number of nitrogens with zero attached hydrogens (tertiary/aromatic N) is 3. The third-order valence-electron chi connectivity index (χ3n) is 9.13. The van der Waals surface area contributed by atoms with E-state index in [1.165, 1.54) is 4.90 Å². The lowest BCUT2D eigenvalue weighted by molar-refractivity contribution is -0.151. The minimum absolute atomic E-state index is 0.0467. The zero-order valence-corrected chi connectivity index (χ0v) is 23.5. The first-order valence-corrected chi connectivity index (χ1v) is 14.6. The number of aliphatic hydroxyl groups is 1. The monoisotopic (exact) mass is 555 g/mol. The van der Waals surface area contributed by atoms with Crippen molar-refractivity contribution >= 4 is 23.4 Å². The quantitative estimate of drug-likeness (QED) is 0.529. The lowest BCUT2D eigenvalue weighted by atomic mass is 9.77. The Morgan fingerprint density at radius 2 is 1.66 bits per heavy atom. The van der Waals surface area contributed by atoms with E-state index in [2.05, 4.69) is 6.92 Å². The van der Waals surface area contributed by atoms with Gasteiger partial charge in [0.25, 0.3) is 0 Å². The van der Waals surface area contributed by atoms with E-state index < -0.39 is 35.6 Å². The van der Waals surface area contributed by atoms with Crippen LogP contribution in [0, 0.1) is 11.8 Å². The molecule has 214 valence electrons. The van der Waals surface area contributed by atoms with E-state index in [1.807, 2.05) is 96.8 Å². The predicted molar refractivity (Wildman–Crippen MR) is 155 cm³/mol. The van der Waals surface area contributed by atoms with Gasteiger partial charge in [-0.3, -0.25) is 14.4 Å². The van der Waals surface area contributed by atoms with Crippen molar-refractivity contribution in [1.29, 1.82) is 0 Å². The second-order valence-electron chi connectivity index (χ2n) is 11.4. The molecule has 4 aliphatic rings. The van der Waals surface area contributed by atoms with Crippen molar-refractivity contribution in [2.24, 2.45) is 11.8 Å². The number of fused-ring (bicyclic) bond motifs is 2. The van der Waals surface area contributed by atoms with Gasteiger partial charge in [0.05, 0.1) is 30.6 Å². The van der Waals surface area contributed by atoms with Crippen molar-refractivity contribution in [3.63, 3.8) is 0 Å². The Hall–Kier alpha value is -3.75. The number of amides is 3. The van der Waals surface area contributed by atoms with Crippen LogP contribution in [0.1, 0.15) is 38.3 Å². The molecule has 2 fully saturated rings. The molecule has 0 saturated carbocycles. The molecular formula is C33H37N3O5. The van der Waals surface area contributed by atoms with Crippen molar-refractivity contribution in [3.8, 4) is 0 Å². The van der Waals surface area contributed by atoms with Gasteiger partial charge in [-0.25, -0.2) is 0 Å². The maximum atomic E-state index is 14.7. The molecule has 2 unspecified atom stereocenters. The average Bonchev–Trinajstić information content (AvgIpc) is 3.30. The van der Waals surface area contributed by atoms with Gasteiger partial charge in [-0.05, 0) is 31.0 Å². The lowest BCUT2D eigenvalue weighted by Crippen LogP contribution is -2.57. The van der Waals surface area contributed by atoms with Crippen LogP contribution in [0.4, 0.5) is 5.69 Å². The lowest BCUT2D eigenvalue weighted by Gasteiger charge is -2.40. The summed E-state index contributed by atoms with van der Waals surface area (Å²) < 4.78 is 6.77. The fourth-order valence-corrected chi connectivity index (χ4v) is 7.27. The summed E-state index contributed by atoms with van der Waals surface area (Å²) in [4.78, 5) is 48.5. The van der Waals surface area contributed by atoms with E-state index in [1.54, 1.807) is 4.90 Å². The van der Waals surface area contributed by atoms with Gasteiger partial charge >= 0.3 is 0 Å². The summed E-state index contributed by atoms with van der Waals surface area (Å²) in [5, 5.41) is 10.7. The highest BCUT2D eigenvalue weighted by Crippen LogP contribution is 2.55. The van der Waals surface area contributed by atoms with Gasteiger partial charge in [0.2, 0.25) is 17.7 Å². The van der Waals surface area contributed by atoms with Gasteiger partial charge in [-0.1, -0.05) is 86.2 Å². The molecule has 41 heavy (non-hydrogen) atoms. The summed E-state index contributed by atoms with van der Waals surface area (Å²) in [6.07, 6.45) is 8.62. The maximum Gasteiger partial charge on any atom is 0.249 e. The van der Waals surface area contributed by atoms with E-state index in [0.29, 0.717) is 13.1 Å². The van der Waals surface area contributed by atoms with Crippen LogP contribution in [-0.4, -0.2) is 76.1 Å². The molecule has 8 heteroatoms. The molecule has 7 atom stereocenters. The summed E-state index contributed by atoms with van der Waals surface area (Å²) in [7, 11) is 0. The minimum atomic E-state index is -1.34. The molecule has 2 saturated heterocycles. The summed E-state index contributed by atoms with van der Waals surface area (Å²) in [6.45, 7) is 4.49.